The van der Waals surface area contributed by atoms with E-state index in [1.807, 2.05) is 0 Å². The highest BCUT2D eigenvalue weighted by Crippen LogP contribution is 2.46. The topological polar surface area (TPSA) is 30.9 Å². The summed E-state index contributed by atoms with van der Waals surface area (Å²) in [6, 6.07) is 6.81. The molecule has 0 spiro atoms. The number of hydrogen-bond donors (Lipinski definition) is 1. The van der Waals surface area contributed by atoms with Crippen LogP contribution in [0.15, 0.2) is 24.4 Å². The van der Waals surface area contributed by atoms with Gasteiger partial charge in [0.05, 0.1) is 5.52 Å². The van der Waals surface area contributed by atoms with Crippen LogP contribution < -0.4 is 5.73 Å². The van der Waals surface area contributed by atoms with E-state index in [0.29, 0.717) is 0 Å². The Balaban J connectivity index is 2.00. The molecule has 1 aromatic carbocycles. The molecule has 0 atom stereocenters. The van der Waals surface area contributed by atoms with Gasteiger partial charge in [0.15, 0.2) is 0 Å². The van der Waals surface area contributed by atoms with Crippen molar-refractivity contribution >= 4 is 10.9 Å². The molecule has 94 valence electrons. The highest BCUT2D eigenvalue weighted by Gasteiger charge is 2.39. The highest BCUT2D eigenvalue weighted by atomic mass is 15.0. The Morgan fingerprint density at radius 3 is 2.83 bits per heavy atom. The van der Waals surface area contributed by atoms with Crippen LogP contribution in [0, 0.1) is 0 Å². The fourth-order valence-corrected chi connectivity index (χ4v) is 3.87. The standard InChI is InChI=1S/C16H20N2/c17-11-16(7-3-8-16)14-10-18-9-2-5-12-4-1-6-13(14)15(12)18/h1,4,6,10H,2-3,5,7-9,11,17H2. The number of para-hydroxylation sites is 1. The lowest BCUT2D eigenvalue weighted by Crippen LogP contribution is -2.41. The third-order valence-corrected chi connectivity index (χ3v) is 5.10. The third kappa shape index (κ3) is 1.22. The summed E-state index contributed by atoms with van der Waals surface area (Å²) in [5, 5.41) is 1.47. The molecule has 1 saturated carbocycles. The van der Waals surface area contributed by atoms with E-state index in [0.717, 1.165) is 6.54 Å². The molecular weight excluding hydrogens is 220 g/mol. The maximum absolute atomic E-state index is 6.09. The molecule has 0 radical (unpaired) electrons. The second-order valence-corrected chi connectivity index (χ2v) is 5.99. The van der Waals surface area contributed by atoms with E-state index in [2.05, 4.69) is 29.0 Å². The lowest BCUT2D eigenvalue weighted by atomic mass is 9.64. The molecule has 2 aliphatic rings. The Hall–Kier alpha value is -1.28. The van der Waals surface area contributed by atoms with Gasteiger partial charge in [0, 0.05) is 30.1 Å². The zero-order valence-electron chi connectivity index (χ0n) is 10.8. The first kappa shape index (κ1) is 10.6. The predicted octanol–water partition coefficient (Wildman–Crippen LogP) is 2.97. The summed E-state index contributed by atoms with van der Waals surface area (Å²) in [5.74, 6) is 0. The normalized spacial score (nSPS) is 20.9. The van der Waals surface area contributed by atoms with Crippen LogP contribution in [-0.4, -0.2) is 11.1 Å². The van der Waals surface area contributed by atoms with Crippen LogP contribution in [0.2, 0.25) is 0 Å². The summed E-state index contributed by atoms with van der Waals surface area (Å²) in [5.41, 5.74) is 10.9. The molecule has 0 bridgehead atoms. The van der Waals surface area contributed by atoms with Crippen LogP contribution in [0.25, 0.3) is 10.9 Å². The summed E-state index contributed by atoms with van der Waals surface area (Å²) in [4.78, 5) is 0. The first-order valence-electron chi connectivity index (χ1n) is 7.15. The average Bonchev–Trinajstić information content (AvgIpc) is 2.72. The van der Waals surface area contributed by atoms with Gasteiger partial charge in [0.1, 0.15) is 0 Å². The molecule has 2 N–H and O–H groups in total. The van der Waals surface area contributed by atoms with Crippen molar-refractivity contribution in [3.8, 4) is 0 Å². The number of nitrogens with two attached hydrogens (primary N) is 1. The monoisotopic (exact) mass is 240 g/mol. The van der Waals surface area contributed by atoms with Crippen molar-refractivity contribution in [1.29, 1.82) is 0 Å². The molecule has 4 rings (SSSR count). The minimum atomic E-state index is 0.284. The third-order valence-electron chi connectivity index (χ3n) is 5.10. The molecule has 0 amide bonds. The summed E-state index contributed by atoms with van der Waals surface area (Å²) < 4.78 is 2.47. The quantitative estimate of drug-likeness (QED) is 0.859. The molecule has 1 fully saturated rings. The molecule has 1 aliphatic heterocycles. The first-order chi connectivity index (χ1) is 8.84. The smallest absolute Gasteiger partial charge is 0.0515 e. The summed E-state index contributed by atoms with van der Waals surface area (Å²) >= 11 is 0. The van der Waals surface area contributed by atoms with Crippen molar-refractivity contribution < 1.29 is 0 Å². The van der Waals surface area contributed by atoms with Gasteiger partial charge >= 0.3 is 0 Å². The van der Waals surface area contributed by atoms with E-state index < -0.39 is 0 Å². The van der Waals surface area contributed by atoms with Crippen molar-refractivity contribution in [2.45, 2.75) is 44.1 Å². The Morgan fingerprint density at radius 1 is 1.22 bits per heavy atom. The van der Waals surface area contributed by atoms with Crippen LogP contribution in [0.4, 0.5) is 0 Å². The number of hydrogen-bond acceptors (Lipinski definition) is 1. The minimum absolute atomic E-state index is 0.284. The molecule has 2 heterocycles. The largest absolute Gasteiger partial charge is 0.347 e. The second kappa shape index (κ2) is 3.61. The summed E-state index contributed by atoms with van der Waals surface area (Å²) in [6.45, 7) is 1.98. The zero-order chi connectivity index (χ0) is 12.2. The molecular formula is C16H20N2. The average molecular weight is 240 g/mol. The van der Waals surface area contributed by atoms with Gasteiger partial charge in [0.2, 0.25) is 0 Å². The van der Waals surface area contributed by atoms with Gasteiger partial charge in [0.25, 0.3) is 0 Å². The number of aromatic nitrogens is 1. The van der Waals surface area contributed by atoms with Crippen LogP contribution in [0.3, 0.4) is 0 Å². The Kier molecular flexibility index (Phi) is 2.13. The SMILES string of the molecule is NCC1(c2cn3c4c(cccc24)CCC3)CCC1. The number of nitrogens with zero attached hydrogens (tertiary/aromatic N) is 1. The summed E-state index contributed by atoms with van der Waals surface area (Å²) in [6.07, 6.45) is 8.79. The number of aryl methyl sites for hydroxylation is 2. The van der Waals surface area contributed by atoms with E-state index in [4.69, 9.17) is 5.73 Å². The number of benzene rings is 1. The van der Waals surface area contributed by atoms with Crippen molar-refractivity contribution in [2.75, 3.05) is 6.54 Å². The van der Waals surface area contributed by atoms with E-state index >= 15 is 0 Å². The van der Waals surface area contributed by atoms with Crippen LogP contribution in [-0.2, 0) is 18.4 Å². The lowest BCUT2D eigenvalue weighted by molar-refractivity contribution is 0.255. The number of rotatable bonds is 2. The lowest BCUT2D eigenvalue weighted by Gasteiger charge is -2.41. The van der Waals surface area contributed by atoms with E-state index in [1.165, 1.54) is 60.7 Å². The van der Waals surface area contributed by atoms with Crippen molar-refractivity contribution in [2.24, 2.45) is 5.73 Å². The second-order valence-electron chi connectivity index (χ2n) is 5.99. The first-order valence-corrected chi connectivity index (χ1v) is 7.15. The van der Waals surface area contributed by atoms with E-state index in [-0.39, 0.29) is 5.41 Å². The summed E-state index contributed by atoms with van der Waals surface area (Å²) in [7, 11) is 0. The molecule has 1 aliphatic carbocycles. The molecule has 1 aromatic heterocycles. The van der Waals surface area contributed by atoms with Crippen LogP contribution in [0.1, 0.15) is 36.8 Å². The van der Waals surface area contributed by atoms with Gasteiger partial charge in [-0.15, -0.1) is 0 Å². The van der Waals surface area contributed by atoms with Gasteiger partial charge < -0.3 is 10.3 Å². The molecule has 2 aromatic rings. The zero-order valence-corrected chi connectivity index (χ0v) is 10.8. The van der Waals surface area contributed by atoms with Gasteiger partial charge in [-0.2, -0.15) is 0 Å². The molecule has 18 heavy (non-hydrogen) atoms. The van der Waals surface area contributed by atoms with Crippen LogP contribution >= 0.6 is 0 Å². The fourth-order valence-electron chi connectivity index (χ4n) is 3.87. The Bertz CT molecular complexity index is 599. The maximum atomic E-state index is 6.09. The van der Waals surface area contributed by atoms with Gasteiger partial charge in [-0.05, 0) is 36.8 Å². The minimum Gasteiger partial charge on any atom is -0.347 e. The van der Waals surface area contributed by atoms with Gasteiger partial charge in [-0.3, -0.25) is 0 Å². The van der Waals surface area contributed by atoms with Gasteiger partial charge in [-0.25, -0.2) is 0 Å². The van der Waals surface area contributed by atoms with E-state index in [9.17, 15) is 0 Å². The fraction of sp³-hybridized carbons (Fsp3) is 0.500. The van der Waals surface area contributed by atoms with Crippen LogP contribution in [0.5, 0.6) is 0 Å². The highest BCUT2D eigenvalue weighted by molar-refractivity contribution is 5.88. The van der Waals surface area contributed by atoms with E-state index in [1.54, 1.807) is 0 Å². The Morgan fingerprint density at radius 2 is 2.11 bits per heavy atom. The molecule has 0 saturated heterocycles. The Labute approximate surface area is 108 Å². The van der Waals surface area contributed by atoms with Gasteiger partial charge in [-0.1, -0.05) is 24.6 Å². The molecule has 2 nitrogen and oxygen atoms in total. The maximum Gasteiger partial charge on any atom is 0.0515 e. The van der Waals surface area contributed by atoms with Crippen molar-refractivity contribution in [3.63, 3.8) is 0 Å². The molecule has 0 unspecified atom stereocenters. The predicted molar refractivity (Wildman–Crippen MR) is 74.8 cm³/mol. The molecule has 2 heteroatoms. The van der Waals surface area contributed by atoms with Crippen molar-refractivity contribution in [3.05, 3.63) is 35.5 Å². The van der Waals surface area contributed by atoms with Crippen molar-refractivity contribution in [1.82, 2.24) is 4.57 Å².